The maximum Gasteiger partial charge on any atom is 0.119 e. The first kappa shape index (κ1) is 20.5. The number of methoxy groups -OCH3 is 1. The summed E-state index contributed by atoms with van der Waals surface area (Å²) in [7, 11) is 5.90. The molecular weight excluding hydrogens is 343 g/mol. The zero-order valence-electron chi connectivity index (χ0n) is 14.2. The number of hydrogen-bond acceptors (Lipinski definition) is 3. The topological polar surface area (TPSA) is 24.8 Å². The Bertz CT molecular complexity index is 687. The highest BCUT2D eigenvalue weighted by Gasteiger charge is 2.23. The molecule has 1 aliphatic rings. The van der Waals surface area contributed by atoms with Crippen LogP contribution in [0.25, 0.3) is 0 Å². The average molecular weight is 367 g/mol. The van der Waals surface area contributed by atoms with Gasteiger partial charge < -0.3 is 9.64 Å². The summed E-state index contributed by atoms with van der Waals surface area (Å²) >= 11 is 0. The Balaban J connectivity index is 0.00000144. The lowest BCUT2D eigenvalue weighted by Gasteiger charge is -2.26. The van der Waals surface area contributed by atoms with Crippen LogP contribution in [0.1, 0.15) is 16.7 Å². The molecule has 0 radical (unpaired) electrons. The van der Waals surface area contributed by atoms with Crippen molar-refractivity contribution in [1.82, 2.24) is 4.90 Å². The molecular formula is C19H24Cl2N2O. The van der Waals surface area contributed by atoms with Gasteiger partial charge in [0.15, 0.2) is 0 Å². The van der Waals surface area contributed by atoms with Crippen molar-refractivity contribution in [3.63, 3.8) is 0 Å². The van der Waals surface area contributed by atoms with Gasteiger partial charge in [-0.05, 0) is 38.2 Å². The van der Waals surface area contributed by atoms with Gasteiger partial charge >= 0.3 is 0 Å². The summed E-state index contributed by atoms with van der Waals surface area (Å²) in [5, 5.41) is 0. The van der Waals surface area contributed by atoms with Crippen LogP contribution in [0, 0.1) is 0 Å². The Labute approximate surface area is 156 Å². The highest BCUT2D eigenvalue weighted by Crippen LogP contribution is 2.27. The quantitative estimate of drug-likeness (QED) is 0.820. The Kier molecular flexibility index (Phi) is 7.74. The molecule has 0 N–H and O–H groups in total. The van der Waals surface area contributed by atoms with Gasteiger partial charge in [-0.15, -0.1) is 24.8 Å². The second kappa shape index (κ2) is 9.07. The summed E-state index contributed by atoms with van der Waals surface area (Å²) in [5.41, 5.74) is 4.79. The monoisotopic (exact) mass is 366 g/mol. The number of rotatable bonds is 4. The fraction of sp³-hybridized carbons (Fsp3) is 0.316. The van der Waals surface area contributed by atoms with Gasteiger partial charge in [0.05, 0.1) is 18.9 Å². The standard InChI is InChI=1S/C19H22N2O.2ClH/c1-21(2)13-16-11-15-9-10-17(22-3)12-18(15)19(20-16)14-7-5-4-6-8-14;;/h4-10,12,16H,11,13H2,1-3H3;2*1H. The lowest BCUT2D eigenvalue weighted by Crippen LogP contribution is -2.31. The van der Waals surface area contributed by atoms with Crippen molar-refractivity contribution in [3.8, 4) is 5.75 Å². The lowest BCUT2D eigenvalue weighted by atomic mass is 9.90. The highest BCUT2D eigenvalue weighted by molar-refractivity contribution is 6.14. The Hall–Kier alpha value is -1.55. The number of nitrogens with zero attached hydrogens (tertiary/aromatic N) is 2. The normalized spacial score (nSPS) is 15.7. The molecule has 3 nitrogen and oxygen atoms in total. The van der Waals surface area contributed by atoms with Crippen molar-refractivity contribution in [2.75, 3.05) is 27.7 Å². The summed E-state index contributed by atoms with van der Waals surface area (Å²) < 4.78 is 5.39. The molecule has 0 aliphatic carbocycles. The number of aliphatic imine (C=N–C) groups is 1. The molecule has 0 amide bonds. The number of hydrogen-bond donors (Lipinski definition) is 0. The lowest BCUT2D eigenvalue weighted by molar-refractivity contribution is 0.371. The predicted molar refractivity (Wildman–Crippen MR) is 106 cm³/mol. The van der Waals surface area contributed by atoms with Gasteiger partial charge in [0, 0.05) is 17.7 Å². The second-order valence-electron chi connectivity index (χ2n) is 5.99. The molecule has 0 bridgehead atoms. The minimum absolute atomic E-state index is 0. The van der Waals surface area contributed by atoms with Crippen LogP contribution < -0.4 is 4.74 Å². The molecule has 3 rings (SSSR count). The summed E-state index contributed by atoms with van der Waals surface area (Å²) in [5.74, 6) is 0.883. The number of benzene rings is 2. The molecule has 0 saturated heterocycles. The summed E-state index contributed by atoms with van der Waals surface area (Å²) in [6.07, 6.45) is 0.980. The minimum atomic E-state index is 0. The first-order chi connectivity index (χ1) is 10.7. The van der Waals surface area contributed by atoms with Gasteiger partial charge in [-0.2, -0.15) is 0 Å². The van der Waals surface area contributed by atoms with Gasteiger partial charge in [0.25, 0.3) is 0 Å². The van der Waals surface area contributed by atoms with E-state index in [1.165, 1.54) is 16.7 Å². The van der Waals surface area contributed by atoms with Gasteiger partial charge in [-0.1, -0.05) is 36.4 Å². The third-order valence-corrected chi connectivity index (χ3v) is 3.96. The van der Waals surface area contributed by atoms with Crippen LogP contribution in [0.5, 0.6) is 5.75 Å². The van der Waals surface area contributed by atoms with Crippen molar-refractivity contribution in [1.29, 1.82) is 0 Å². The largest absolute Gasteiger partial charge is 0.497 e. The van der Waals surface area contributed by atoms with Crippen molar-refractivity contribution < 1.29 is 4.74 Å². The first-order valence-electron chi connectivity index (χ1n) is 7.62. The number of likely N-dealkylation sites (N-methyl/N-ethyl adjacent to an activating group) is 1. The number of ether oxygens (including phenoxy) is 1. The van der Waals surface area contributed by atoms with Crippen LogP contribution in [0.15, 0.2) is 53.5 Å². The Morgan fingerprint density at radius 3 is 2.42 bits per heavy atom. The van der Waals surface area contributed by atoms with Crippen LogP contribution in [0.3, 0.4) is 0 Å². The van der Waals surface area contributed by atoms with Crippen LogP contribution >= 0.6 is 24.8 Å². The van der Waals surface area contributed by atoms with E-state index in [4.69, 9.17) is 9.73 Å². The molecule has 1 atom stereocenters. The molecule has 24 heavy (non-hydrogen) atoms. The molecule has 0 saturated carbocycles. The second-order valence-corrected chi connectivity index (χ2v) is 5.99. The van der Waals surface area contributed by atoms with Gasteiger partial charge in [-0.25, -0.2) is 0 Å². The first-order valence-corrected chi connectivity index (χ1v) is 7.62. The third-order valence-electron chi connectivity index (χ3n) is 3.96. The minimum Gasteiger partial charge on any atom is -0.497 e. The number of fused-ring (bicyclic) bond motifs is 1. The third kappa shape index (κ3) is 4.50. The molecule has 1 heterocycles. The maximum absolute atomic E-state index is 5.39. The van der Waals surface area contributed by atoms with Crippen LogP contribution in [0.4, 0.5) is 0 Å². The van der Waals surface area contributed by atoms with E-state index in [1.807, 2.05) is 12.1 Å². The fourth-order valence-electron chi connectivity index (χ4n) is 2.99. The van der Waals surface area contributed by atoms with Crippen molar-refractivity contribution in [2.24, 2.45) is 4.99 Å². The van der Waals surface area contributed by atoms with E-state index >= 15 is 0 Å². The Morgan fingerprint density at radius 2 is 1.79 bits per heavy atom. The SMILES string of the molecule is COc1ccc2c(c1)C(c1ccccc1)=NC(CN(C)C)C2.Cl.Cl. The van der Waals surface area contributed by atoms with Crippen LogP contribution in [0.2, 0.25) is 0 Å². The van der Waals surface area contributed by atoms with Gasteiger partial charge in [0.2, 0.25) is 0 Å². The van der Waals surface area contributed by atoms with E-state index in [-0.39, 0.29) is 24.8 Å². The summed E-state index contributed by atoms with van der Waals surface area (Å²) in [4.78, 5) is 7.23. The van der Waals surface area contributed by atoms with Crippen LogP contribution in [-0.4, -0.2) is 44.4 Å². The molecule has 0 aromatic heterocycles. The molecule has 0 fully saturated rings. The van der Waals surface area contributed by atoms with E-state index in [0.717, 1.165) is 24.4 Å². The van der Waals surface area contributed by atoms with Crippen molar-refractivity contribution in [3.05, 3.63) is 65.2 Å². The Morgan fingerprint density at radius 1 is 1.08 bits per heavy atom. The van der Waals surface area contributed by atoms with Crippen molar-refractivity contribution in [2.45, 2.75) is 12.5 Å². The van der Waals surface area contributed by atoms with E-state index in [1.54, 1.807) is 7.11 Å². The van der Waals surface area contributed by atoms with Gasteiger partial charge in [-0.3, -0.25) is 4.99 Å². The van der Waals surface area contributed by atoms with E-state index in [0.29, 0.717) is 6.04 Å². The highest BCUT2D eigenvalue weighted by atomic mass is 35.5. The number of halogens is 2. The maximum atomic E-state index is 5.39. The zero-order valence-corrected chi connectivity index (χ0v) is 15.9. The molecule has 2 aromatic rings. The fourth-order valence-corrected chi connectivity index (χ4v) is 2.99. The predicted octanol–water partition coefficient (Wildman–Crippen LogP) is 3.86. The van der Waals surface area contributed by atoms with E-state index in [2.05, 4.69) is 55.4 Å². The van der Waals surface area contributed by atoms with E-state index < -0.39 is 0 Å². The molecule has 5 heteroatoms. The molecule has 130 valence electrons. The average Bonchev–Trinajstić information content (AvgIpc) is 2.54. The van der Waals surface area contributed by atoms with E-state index in [9.17, 15) is 0 Å². The molecule has 2 aromatic carbocycles. The molecule has 0 spiro atoms. The molecule has 1 unspecified atom stereocenters. The van der Waals surface area contributed by atoms with Crippen molar-refractivity contribution >= 4 is 30.5 Å². The zero-order chi connectivity index (χ0) is 15.5. The molecule has 1 aliphatic heterocycles. The summed E-state index contributed by atoms with van der Waals surface area (Å²) in [6.45, 7) is 0.960. The van der Waals surface area contributed by atoms with Crippen LogP contribution in [-0.2, 0) is 6.42 Å². The van der Waals surface area contributed by atoms with Gasteiger partial charge in [0.1, 0.15) is 5.75 Å². The summed E-state index contributed by atoms with van der Waals surface area (Å²) in [6, 6.07) is 17.0. The smallest absolute Gasteiger partial charge is 0.119 e.